The van der Waals surface area contributed by atoms with Gasteiger partial charge >= 0.3 is 0 Å². The van der Waals surface area contributed by atoms with E-state index in [2.05, 4.69) is 29.8 Å². The van der Waals surface area contributed by atoms with Crippen LogP contribution in [0.1, 0.15) is 31.4 Å². The van der Waals surface area contributed by atoms with Crippen molar-refractivity contribution in [3.8, 4) is 0 Å². The predicted molar refractivity (Wildman–Crippen MR) is 85.3 cm³/mol. The minimum atomic E-state index is -3.41. The van der Waals surface area contributed by atoms with E-state index in [9.17, 15) is 8.42 Å². The molecular formula is C15H22BrNO2S. The molecule has 1 aliphatic rings. The summed E-state index contributed by atoms with van der Waals surface area (Å²) in [5.41, 5.74) is 2.10. The third-order valence-electron chi connectivity index (χ3n) is 4.00. The highest BCUT2D eigenvalue weighted by Crippen LogP contribution is 2.31. The van der Waals surface area contributed by atoms with Crippen molar-refractivity contribution in [3.63, 3.8) is 0 Å². The van der Waals surface area contributed by atoms with Gasteiger partial charge in [0.1, 0.15) is 0 Å². The predicted octanol–water partition coefficient (Wildman–Crippen LogP) is 3.73. The van der Waals surface area contributed by atoms with Crippen LogP contribution in [0.4, 0.5) is 0 Å². The van der Waals surface area contributed by atoms with Crippen molar-refractivity contribution in [3.05, 3.63) is 27.7 Å². The van der Waals surface area contributed by atoms with E-state index in [0.29, 0.717) is 34.3 Å². The quantitative estimate of drug-likeness (QED) is 0.806. The highest BCUT2D eigenvalue weighted by Gasteiger charge is 2.32. The summed E-state index contributed by atoms with van der Waals surface area (Å²) in [5.74, 6) is 0.831. The molecule has 112 valence electrons. The molecule has 2 atom stereocenters. The maximum Gasteiger partial charge on any atom is 0.244 e. The van der Waals surface area contributed by atoms with Crippen molar-refractivity contribution in [2.45, 2.75) is 39.0 Å². The smallest absolute Gasteiger partial charge is 0.207 e. The lowest BCUT2D eigenvalue weighted by molar-refractivity contribution is 0.222. The fraction of sp³-hybridized carbons (Fsp3) is 0.600. The van der Waals surface area contributed by atoms with Crippen LogP contribution in [0.2, 0.25) is 0 Å². The van der Waals surface area contributed by atoms with Crippen LogP contribution in [-0.4, -0.2) is 25.8 Å². The van der Waals surface area contributed by atoms with E-state index >= 15 is 0 Å². The Labute approximate surface area is 130 Å². The molecule has 1 fully saturated rings. The van der Waals surface area contributed by atoms with Crippen molar-refractivity contribution in [1.82, 2.24) is 4.31 Å². The Morgan fingerprint density at radius 3 is 2.15 bits per heavy atom. The topological polar surface area (TPSA) is 37.4 Å². The Bertz CT molecular complexity index is 603. The number of hydrogen-bond acceptors (Lipinski definition) is 2. The summed E-state index contributed by atoms with van der Waals surface area (Å²) in [6.45, 7) is 9.41. The summed E-state index contributed by atoms with van der Waals surface area (Å²) < 4.78 is 28.0. The highest BCUT2D eigenvalue weighted by atomic mass is 79.9. The normalized spacial score (nSPS) is 24.9. The Hall–Kier alpha value is -0.390. The summed E-state index contributed by atoms with van der Waals surface area (Å²) in [6.07, 6.45) is 1.10. The molecule has 0 saturated carbocycles. The van der Waals surface area contributed by atoms with Gasteiger partial charge < -0.3 is 0 Å². The number of sulfonamides is 1. The Kier molecular flexibility index (Phi) is 4.62. The molecule has 0 aliphatic carbocycles. The summed E-state index contributed by atoms with van der Waals surface area (Å²) in [5, 5.41) is 0. The van der Waals surface area contributed by atoms with E-state index in [4.69, 9.17) is 0 Å². The molecule has 5 heteroatoms. The summed E-state index contributed by atoms with van der Waals surface area (Å²) in [6, 6.07) is 3.66. The number of hydrogen-bond donors (Lipinski definition) is 0. The molecule has 0 unspecified atom stereocenters. The van der Waals surface area contributed by atoms with Gasteiger partial charge in [0.05, 0.1) is 4.90 Å². The number of benzene rings is 1. The molecule has 0 bridgehead atoms. The van der Waals surface area contributed by atoms with Crippen LogP contribution < -0.4 is 0 Å². The minimum absolute atomic E-state index is 0.391. The fourth-order valence-corrected chi connectivity index (χ4v) is 5.78. The third kappa shape index (κ3) is 3.10. The molecule has 0 N–H and O–H groups in total. The molecule has 1 aromatic carbocycles. The van der Waals surface area contributed by atoms with E-state index in [0.717, 1.165) is 17.5 Å². The highest BCUT2D eigenvalue weighted by molar-refractivity contribution is 9.10. The molecule has 0 aromatic heterocycles. The molecule has 1 aromatic rings. The second-order valence-corrected chi connectivity index (χ2v) is 8.90. The molecular weight excluding hydrogens is 338 g/mol. The molecule has 1 saturated heterocycles. The van der Waals surface area contributed by atoms with Gasteiger partial charge in [-0.1, -0.05) is 13.8 Å². The van der Waals surface area contributed by atoms with Gasteiger partial charge in [-0.2, -0.15) is 4.31 Å². The van der Waals surface area contributed by atoms with Crippen LogP contribution in [-0.2, 0) is 10.0 Å². The van der Waals surface area contributed by atoms with E-state index in [1.807, 2.05) is 19.9 Å². The summed E-state index contributed by atoms with van der Waals surface area (Å²) in [7, 11) is -3.41. The lowest BCUT2D eigenvalue weighted by atomic mass is 9.94. The first-order valence-corrected chi connectivity index (χ1v) is 9.22. The van der Waals surface area contributed by atoms with Gasteiger partial charge in [-0.25, -0.2) is 8.42 Å². The van der Waals surface area contributed by atoms with Crippen LogP contribution in [0.25, 0.3) is 0 Å². The molecule has 20 heavy (non-hydrogen) atoms. The zero-order chi connectivity index (χ0) is 15.1. The van der Waals surface area contributed by atoms with Gasteiger partial charge in [-0.15, -0.1) is 0 Å². The monoisotopic (exact) mass is 359 g/mol. The van der Waals surface area contributed by atoms with Gasteiger partial charge in [0.25, 0.3) is 0 Å². The first kappa shape index (κ1) is 16.0. The maximum atomic E-state index is 12.9. The Morgan fingerprint density at radius 1 is 1.10 bits per heavy atom. The average Bonchev–Trinajstić information content (AvgIpc) is 2.32. The van der Waals surface area contributed by atoms with Gasteiger partial charge in [-0.05, 0) is 71.3 Å². The standard InChI is InChI=1S/C15H22BrNO2S/c1-10-5-11(2)9-17(8-10)20(18,19)15-7-13(4)12(3)6-14(15)16/h6-7,10-11H,5,8-9H2,1-4H3/t10-,11-/m1/s1. The van der Waals surface area contributed by atoms with Crippen molar-refractivity contribution in [1.29, 1.82) is 0 Å². The van der Waals surface area contributed by atoms with E-state index in [1.165, 1.54) is 0 Å². The van der Waals surface area contributed by atoms with Crippen LogP contribution in [0.5, 0.6) is 0 Å². The molecule has 2 rings (SSSR count). The van der Waals surface area contributed by atoms with Gasteiger partial charge in [-0.3, -0.25) is 0 Å². The van der Waals surface area contributed by atoms with Crippen molar-refractivity contribution in [2.24, 2.45) is 11.8 Å². The van der Waals surface area contributed by atoms with E-state index < -0.39 is 10.0 Å². The zero-order valence-corrected chi connectivity index (χ0v) is 14.9. The number of rotatable bonds is 2. The van der Waals surface area contributed by atoms with Gasteiger partial charge in [0.2, 0.25) is 10.0 Å². The second-order valence-electron chi connectivity index (χ2n) is 6.13. The fourth-order valence-electron chi connectivity index (χ4n) is 2.89. The molecule has 0 radical (unpaired) electrons. The van der Waals surface area contributed by atoms with Crippen LogP contribution in [0.15, 0.2) is 21.5 Å². The number of halogens is 1. The Morgan fingerprint density at radius 2 is 1.60 bits per heavy atom. The van der Waals surface area contributed by atoms with E-state index in [-0.39, 0.29) is 0 Å². The summed E-state index contributed by atoms with van der Waals surface area (Å²) in [4.78, 5) is 0.391. The molecule has 0 amide bonds. The molecule has 1 heterocycles. The lowest BCUT2D eigenvalue weighted by Gasteiger charge is -2.34. The lowest BCUT2D eigenvalue weighted by Crippen LogP contribution is -2.42. The minimum Gasteiger partial charge on any atom is -0.207 e. The zero-order valence-electron chi connectivity index (χ0n) is 12.5. The first-order valence-electron chi connectivity index (χ1n) is 6.98. The van der Waals surface area contributed by atoms with Gasteiger partial charge in [0.15, 0.2) is 0 Å². The van der Waals surface area contributed by atoms with Gasteiger partial charge in [0, 0.05) is 17.6 Å². The number of aryl methyl sites for hydroxylation is 2. The van der Waals surface area contributed by atoms with Crippen LogP contribution >= 0.6 is 15.9 Å². The molecule has 3 nitrogen and oxygen atoms in total. The average molecular weight is 360 g/mol. The SMILES string of the molecule is Cc1cc(Br)c(S(=O)(=O)N2C[C@H](C)C[C@@H](C)C2)cc1C. The van der Waals surface area contributed by atoms with Crippen LogP contribution in [0.3, 0.4) is 0 Å². The number of piperidine rings is 1. The number of nitrogens with zero attached hydrogens (tertiary/aromatic N) is 1. The van der Waals surface area contributed by atoms with Crippen molar-refractivity contribution < 1.29 is 8.42 Å². The Balaban J connectivity index is 2.42. The molecule has 1 aliphatic heterocycles. The maximum absolute atomic E-state index is 12.9. The van der Waals surface area contributed by atoms with E-state index in [1.54, 1.807) is 10.4 Å². The summed E-state index contributed by atoms with van der Waals surface area (Å²) >= 11 is 3.41. The first-order chi connectivity index (χ1) is 9.21. The van der Waals surface area contributed by atoms with Crippen molar-refractivity contribution >= 4 is 26.0 Å². The third-order valence-corrected chi connectivity index (χ3v) is 6.79. The largest absolute Gasteiger partial charge is 0.244 e. The van der Waals surface area contributed by atoms with Crippen LogP contribution in [0, 0.1) is 25.7 Å². The van der Waals surface area contributed by atoms with Crippen molar-refractivity contribution in [2.75, 3.05) is 13.1 Å². The molecule has 0 spiro atoms. The second kappa shape index (κ2) is 5.78.